The lowest BCUT2D eigenvalue weighted by Crippen LogP contribution is -2.45. The maximum atomic E-state index is 14.9. The summed E-state index contributed by atoms with van der Waals surface area (Å²) in [6, 6.07) is 6.36. The summed E-state index contributed by atoms with van der Waals surface area (Å²) in [4.78, 5) is 41.8. The summed E-state index contributed by atoms with van der Waals surface area (Å²) < 4.78 is 22.4. The van der Waals surface area contributed by atoms with E-state index < -0.39 is 29.6 Å². The Labute approximate surface area is 232 Å². The first-order chi connectivity index (χ1) is 19.3. The lowest BCUT2D eigenvalue weighted by molar-refractivity contribution is -0.123. The predicted molar refractivity (Wildman–Crippen MR) is 141 cm³/mol. The summed E-state index contributed by atoms with van der Waals surface area (Å²) in [7, 11) is 1.24. The summed E-state index contributed by atoms with van der Waals surface area (Å²) in [5.41, 5.74) is 0.973. The number of nitrogens with zero attached hydrogens (tertiary/aromatic N) is 7. The number of carbonyl (C=O) groups is 3. The molecular weight excluding hydrogens is 545 g/mol. The number of anilines is 1. The van der Waals surface area contributed by atoms with E-state index in [4.69, 9.17) is 11.6 Å². The molecule has 0 aliphatic carbocycles. The van der Waals surface area contributed by atoms with E-state index >= 15 is 0 Å². The Kier molecular flexibility index (Phi) is 8.91. The van der Waals surface area contributed by atoms with E-state index in [-0.39, 0.29) is 34.1 Å². The molecule has 0 saturated carbocycles. The fraction of sp³-hybridized carbons (Fsp3) is 0.200. The highest BCUT2D eigenvalue weighted by Crippen LogP contribution is 2.25. The Morgan fingerprint density at radius 2 is 2.02 bits per heavy atom. The Balaban J connectivity index is 1.54. The molecule has 2 amide bonds. The number of tetrazole rings is 1. The third kappa shape index (κ3) is 6.71. The molecule has 0 saturated heterocycles. The highest BCUT2D eigenvalue weighted by atomic mass is 35.5. The topological polar surface area (TPSA) is 159 Å². The van der Waals surface area contributed by atoms with Crippen LogP contribution in [0.25, 0.3) is 11.8 Å². The number of hydrogen-bond acceptors (Lipinski definition) is 9. The van der Waals surface area contributed by atoms with Gasteiger partial charge in [0.2, 0.25) is 11.8 Å². The molecule has 3 heterocycles. The minimum Gasteiger partial charge on any atom is -0.465 e. The number of methoxy groups -OCH3 is 1. The number of nitrogens with one attached hydrogen (secondary N) is 2. The van der Waals surface area contributed by atoms with Crippen LogP contribution < -0.4 is 10.6 Å². The van der Waals surface area contributed by atoms with E-state index in [2.05, 4.69) is 41.0 Å². The number of ether oxygens (including phenoxy) is 1. The summed E-state index contributed by atoms with van der Waals surface area (Å²) in [5.74, 6) is -2.48. The van der Waals surface area contributed by atoms with Gasteiger partial charge >= 0.3 is 5.97 Å². The maximum Gasteiger partial charge on any atom is 0.339 e. The van der Waals surface area contributed by atoms with E-state index in [1.807, 2.05) is 6.92 Å². The third-order valence-electron chi connectivity index (χ3n) is 5.61. The van der Waals surface area contributed by atoms with Crippen LogP contribution in [-0.2, 0) is 27.3 Å². The average molecular weight is 568 g/mol. The Morgan fingerprint density at radius 3 is 2.67 bits per heavy atom. The van der Waals surface area contributed by atoms with E-state index in [9.17, 15) is 18.8 Å². The second-order valence-corrected chi connectivity index (χ2v) is 8.63. The zero-order chi connectivity index (χ0) is 28.6. The normalized spacial score (nSPS) is 11.8. The fourth-order valence-electron chi connectivity index (χ4n) is 3.59. The lowest BCUT2D eigenvalue weighted by Gasteiger charge is -2.17. The molecule has 0 aliphatic rings. The molecule has 1 atom stereocenters. The van der Waals surface area contributed by atoms with Gasteiger partial charge in [-0.15, -0.1) is 5.10 Å². The number of aromatic nitrogens is 7. The van der Waals surface area contributed by atoms with Gasteiger partial charge in [0.1, 0.15) is 18.2 Å². The van der Waals surface area contributed by atoms with Crippen LogP contribution in [0.4, 0.5) is 10.2 Å². The maximum absolute atomic E-state index is 14.9. The molecular formula is C25H23ClFN9O4. The Morgan fingerprint density at radius 1 is 1.20 bits per heavy atom. The van der Waals surface area contributed by atoms with Crippen LogP contribution >= 0.6 is 11.6 Å². The van der Waals surface area contributed by atoms with Crippen LogP contribution in [0.3, 0.4) is 0 Å². The van der Waals surface area contributed by atoms with Crippen molar-refractivity contribution < 1.29 is 23.5 Å². The molecule has 13 nitrogen and oxygen atoms in total. The number of rotatable bonds is 10. The molecule has 0 aliphatic heterocycles. The van der Waals surface area contributed by atoms with Crippen molar-refractivity contribution >= 4 is 41.3 Å². The molecule has 0 fully saturated rings. The van der Waals surface area contributed by atoms with E-state index in [0.29, 0.717) is 12.2 Å². The van der Waals surface area contributed by atoms with Crippen molar-refractivity contribution in [3.63, 3.8) is 0 Å². The van der Waals surface area contributed by atoms with E-state index in [1.165, 1.54) is 54.7 Å². The molecule has 0 spiro atoms. The molecule has 0 unspecified atom stereocenters. The second-order valence-electron chi connectivity index (χ2n) is 8.22. The molecule has 40 heavy (non-hydrogen) atoms. The van der Waals surface area contributed by atoms with E-state index in [1.54, 1.807) is 16.9 Å². The van der Waals surface area contributed by atoms with Gasteiger partial charge in [-0.3, -0.25) is 14.3 Å². The number of esters is 1. The first-order valence-electron chi connectivity index (χ1n) is 11.9. The van der Waals surface area contributed by atoms with Gasteiger partial charge in [-0.1, -0.05) is 11.6 Å². The lowest BCUT2D eigenvalue weighted by atomic mass is 10.1. The molecule has 4 aromatic rings. The van der Waals surface area contributed by atoms with Crippen LogP contribution in [0, 0.1) is 5.82 Å². The van der Waals surface area contributed by atoms with Gasteiger partial charge in [0, 0.05) is 37.0 Å². The van der Waals surface area contributed by atoms with Crippen LogP contribution in [0.15, 0.2) is 55.1 Å². The van der Waals surface area contributed by atoms with Crippen molar-refractivity contribution in [2.24, 2.45) is 0 Å². The molecule has 206 valence electrons. The monoisotopic (exact) mass is 567 g/mol. The standard InChI is InChI=1S/C25H23ClFN9O4/c1-3-35-11-10-16(32-35)12-19(24(38)31-21-8-4-15(13-28-21)25(39)40-2)30-22(37)9-5-17-20(36-14-29-33-34-36)7-6-18(26)23(17)27/h4-11,13-14,19H,3,12H2,1-2H3,(H,30,37)(H,28,31,38)/t19-/m0/s1. The number of pyridine rings is 1. The van der Waals surface area contributed by atoms with Gasteiger partial charge in [-0.25, -0.2) is 14.2 Å². The summed E-state index contributed by atoms with van der Waals surface area (Å²) in [5, 5.41) is 20.3. The highest BCUT2D eigenvalue weighted by molar-refractivity contribution is 6.31. The number of halogens is 2. The number of aryl methyl sites for hydroxylation is 1. The van der Waals surface area contributed by atoms with Gasteiger partial charge < -0.3 is 15.4 Å². The zero-order valence-electron chi connectivity index (χ0n) is 21.3. The second kappa shape index (κ2) is 12.7. The van der Waals surface area contributed by atoms with Crippen molar-refractivity contribution in [3.8, 4) is 5.69 Å². The molecule has 1 aromatic carbocycles. The highest BCUT2D eigenvalue weighted by Gasteiger charge is 2.23. The fourth-order valence-corrected chi connectivity index (χ4v) is 3.76. The first kappa shape index (κ1) is 28.0. The smallest absolute Gasteiger partial charge is 0.339 e. The minimum atomic E-state index is -1.08. The van der Waals surface area contributed by atoms with Crippen LogP contribution in [-0.4, -0.2) is 65.9 Å². The molecule has 4 rings (SSSR count). The summed E-state index contributed by atoms with van der Waals surface area (Å²) in [6.07, 6.45) is 6.60. The van der Waals surface area contributed by atoms with Crippen molar-refractivity contribution in [3.05, 3.63) is 82.8 Å². The molecule has 2 N–H and O–H groups in total. The van der Waals surface area contributed by atoms with Gasteiger partial charge in [-0.2, -0.15) is 9.78 Å². The predicted octanol–water partition coefficient (Wildman–Crippen LogP) is 2.23. The number of hydrogen-bond donors (Lipinski definition) is 2. The molecule has 0 bridgehead atoms. The molecule has 0 radical (unpaired) electrons. The quantitative estimate of drug-likeness (QED) is 0.216. The van der Waals surface area contributed by atoms with Crippen LogP contribution in [0.5, 0.6) is 0 Å². The third-order valence-corrected chi connectivity index (χ3v) is 5.90. The Hall–Kier alpha value is -4.98. The number of carbonyl (C=O) groups excluding carboxylic acids is 3. The summed E-state index contributed by atoms with van der Waals surface area (Å²) in [6.45, 7) is 2.53. The SMILES string of the molecule is CCn1ccc(C[C@H](NC(=O)C=Cc2c(-n3cnnn3)ccc(Cl)c2F)C(=O)Nc2ccc(C(=O)OC)cn2)n1. The molecule has 15 heteroatoms. The van der Waals surface area contributed by atoms with Crippen molar-refractivity contribution in [1.82, 2.24) is 40.3 Å². The van der Waals surface area contributed by atoms with Gasteiger partial charge in [0.05, 0.1) is 29.1 Å². The van der Waals surface area contributed by atoms with Crippen molar-refractivity contribution in [1.29, 1.82) is 0 Å². The van der Waals surface area contributed by atoms with Crippen LogP contribution in [0.1, 0.15) is 28.5 Å². The van der Waals surface area contributed by atoms with Crippen LogP contribution in [0.2, 0.25) is 5.02 Å². The number of amides is 2. The van der Waals surface area contributed by atoms with Gasteiger partial charge in [-0.05, 0) is 53.8 Å². The van der Waals surface area contributed by atoms with Crippen molar-refractivity contribution in [2.45, 2.75) is 25.9 Å². The first-order valence-corrected chi connectivity index (χ1v) is 12.2. The molecule has 3 aromatic heterocycles. The average Bonchev–Trinajstić information content (AvgIpc) is 3.66. The zero-order valence-corrected chi connectivity index (χ0v) is 22.0. The van der Waals surface area contributed by atoms with E-state index in [0.717, 1.165) is 6.08 Å². The Bertz CT molecular complexity index is 1540. The van der Waals surface area contributed by atoms with Crippen molar-refractivity contribution in [2.75, 3.05) is 12.4 Å². The minimum absolute atomic E-state index is 0.0347. The van der Waals surface area contributed by atoms with Gasteiger partial charge in [0.25, 0.3) is 0 Å². The van der Waals surface area contributed by atoms with Gasteiger partial charge in [0.15, 0.2) is 5.82 Å². The largest absolute Gasteiger partial charge is 0.465 e. The summed E-state index contributed by atoms with van der Waals surface area (Å²) >= 11 is 5.94. The number of benzene rings is 1.